The predicted octanol–water partition coefficient (Wildman–Crippen LogP) is 4.42. The molecule has 0 radical (unpaired) electrons. The summed E-state index contributed by atoms with van der Waals surface area (Å²) < 4.78 is 6.67. The molecule has 1 saturated heterocycles. The summed E-state index contributed by atoms with van der Waals surface area (Å²) in [5, 5.41) is 2.62. The number of carbonyl (C=O) groups excluding carboxylic acids is 3. The zero-order valence-corrected chi connectivity index (χ0v) is 24.8. The second-order valence-electron chi connectivity index (χ2n) is 10.3. The number of nitrogens with zero attached hydrogens (tertiary/aromatic N) is 3. The van der Waals surface area contributed by atoms with Crippen LogP contribution >= 0.6 is 23.1 Å². The molecule has 1 fully saturated rings. The number of benzene rings is 3. The van der Waals surface area contributed by atoms with E-state index in [9.17, 15) is 19.2 Å². The number of nitrogens with one attached hydrogen (secondary N) is 1. The van der Waals surface area contributed by atoms with Gasteiger partial charge < -0.3 is 15.0 Å². The molecule has 3 amide bonds. The van der Waals surface area contributed by atoms with E-state index >= 15 is 0 Å². The number of aromatic nitrogens is 1. The lowest BCUT2D eigenvalue weighted by molar-refractivity contribution is -0.122. The van der Waals surface area contributed by atoms with Crippen molar-refractivity contribution in [2.75, 3.05) is 36.3 Å². The van der Waals surface area contributed by atoms with E-state index in [1.165, 1.54) is 21.2 Å². The second kappa shape index (κ2) is 11.1. The molecule has 3 unspecified atom stereocenters. The van der Waals surface area contributed by atoms with Crippen LogP contribution in [0, 0.1) is 5.92 Å². The van der Waals surface area contributed by atoms with E-state index in [1.54, 1.807) is 43.5 Å². The molecule has 6 rings (SSSR count). The Labute approximate surface area is 250 Å². The number of amides is 3. The van der Waals surface area contributed by atoms with Crippen molar-refractivity contribution >= 4 is 57.9 Å². The van der Waals surface area contributed by atoms with Crippen molar-refractivity contribution in [3.05, 3.63) is 99.0 Å². The maximum Gasteiger partial charge on any atom is 0.308 e. The molecule has 4 aromatic rings. The molecule has 42 heavy (non-hydrogen) atoms. The first-order valence-electron chi connectivity index (χ1n) is 13.3. The summed E-state index contributed by atoms with van der Waals surface area (Å²) in [6.45, 7) is -0.208. The smallest absolute Gasteiger partial charge is 0.308 e. The van der Waals surface area contributed by atoms with Crippen molar-refractivity contribution < 1.29 is 19.1 Å². The summed E-state index contributed by atoms with van der Waals surface area (Å²) in [5.41, 5.74) is 2.90. The van der Waals surface area contributed by atoms with Gasteiger partial charge in [-0.2, -0.15) is 0 Å². The van der Waals surface area contributed by atoms with Gasteiger partial charge in [0.1, 0.15) is 17.5 Å². The van der Waals surface area contributed by atoms with Crippen molar-refractivity contribution in [1.82, 2.24) is 4.57 Å². The van der Waals surface area contributed by atoms with Crippen LogP contribution in [0.3, 0.4) is 0 Å². The number of ether oxygens (including phenoxy) is 1. The van der Waals surface area contributed by atoms with Gasteiger partial charge in [-0.25, -0.2) is 4.90 Å². The predicted molar refractivity (Wildman–Crippen MR) is 165 cm³/mol. The van der Waals surface area contributed by atoms with E-state index < -0.39 is 17.1 Å². The van der Waals surface area contributed by atoms with E-state index in [1.807, 2.05) is 61.5 Å². The van der Waals surface area contributed by atoms with E-state index in [2.05, 4.69) is 5.32 Å². The van der Waals surface area contributed by atoms with Crippen LogP contribution in [-0.2, 0) is 20.9 Å². The van der Waals surface area contributed by atoms with Gasteiger partial charge in [0.05, 0.1) is 23.7 Å². The Morgan fingerprint density at radius 3 is 2.26 bits per heavy atom. The third-order valence-electron chi connectivity index (χ3n) is 7.51. The molecule has 3 aromatic carbocycles. The summed E-state index contributed by atoms with van der Waals surface area (Å²) in [5.74, 6) is -1.65. The number of thioether (sulfide) groups is 1. The highest BCUT2D eigenvalue weighted by atomic mass is 32.2. The molecule has 9 nitrogen and oxygen atoms in total. The zero-order valence-electron chi connectivity index (χ0n) is 23.1. The van der Waals surface area contributed by atoms with Crippen LogP contribution in [0.4, 0.5) is 17.1 Å². The van der Waals surface area contributed by atoms with Gasteiger partial charge in [-0.05, 0) is 54.1 Å². The van der Waals surface area contributed by atoms with Crippen LogP contribution in [0.15, 0.2) is 88.7 Å². The van der Waals surface area contributed by atoms with Gasteiger partial charge in [-0.3, -0.25) is 23.7 Å². The van der Waals surface area contributed by atoms with E-state index in [4.69, 9.17) is 4.74 Å². The fourth-order valence-corrected chi connectivity index (χ4v) is 8.22. The minimum atomic E-state index is -0.761. The van der Waals surface area contributed by atoms with E-state index in [-0.39, 0.29) is 29.1 Å². The van der Waals surface area contributed by atoms with Crippen molar-refractivity contribution in [3.63, 3.8) is 0 Å². The average Bonchev–Trinajstić information content (AvgIpc) is 3.43. The second-order valence-corrected chi connectivity index (χ2v) is 12.4. The Morgan fingerprint density at radius 2 is 1.62 bits per heavy atom. The topological polar surface area (TPSA) is 101 Å². The Kier molecular flexibility index (Phi) is 7.38. The molecule has 1 aromatic heterocycles. The molecule has 214 valence electrons. The number of rotatable bonds is 7. The van der Waals surface area contributed by atoms with Gasteiger partial charge in [0.25, 0.3) is 0 Å². The maximum atomic E-state index is 14.1. The summed E-state index contributed by atoms with van der Waals surface area (Å²) in [6, 6.07) is 23.6. The molecule has 3 atom stereocenters. The van der Waals surface area contributed by atoms with Crippen molar-refractivity contribution in [1.29, 1.82) is 0 Å². The highest BCUT2D eigenvalue weighted by Crippen LogP contribution is 2.54. The molecule has 0 aliphatic carbocycles. The number of carbonyl (C=O) groups is 3. The quantitative estimate of drug-likeness (QED) is 0.314. The minimum absolute atomic E-state index is 0.208. The number of methoxy groups -OCH3 is 1. The largest absolute Gasteiger partial charge is 0.497 e. The summed E-state index contributed by atoms with van der Waals surface area (Å²) in [6.07, 6.45) is 0. The summed E-state index contributed by atoms with van der Waals surface area (Å²) >= 11 is 2.23. The van der Waals surface area contributed by atoms with Crippen molar-refractivity contribution in [2.45, 2.75) is 22.7 Å². The van der Waals surface area contributed by atoms with Gasteiger partial charge >= 0.3 is 4.87 Å². The minimum Gasteiger partial charge on any atom is -0.497 e. The summed E-state index contributed by atoms with van der Waals surface area (Å²) in [7, 11) is 5.44. The fraction of sp³-hybridized carbons (Fsp3) is 0.226. The lowest BCUT2D eigenvalue weighted by Crippen LogP contribution is -2.33. The number of thiazole rings is 1. The van der Waals surface area contributed by atoms with Crippen LogP contribution in [0.2, 0.25) is 0 Å². The third-order valence-corrected chi connectivity index (χ3v) is 10.1. The first kappa shape index (κ1) is 27.8. The Hall–Kier alpha value is -4.35. The molecular formula is C31H28N4O5S2. The molecule has 1 N–H and O–H groups in total. The number of hydrogen-bond donors (Lipinski definition) is 1. The molecule has 11 heteroatoms. The van der Waals surface area contributed by atoms with Gasteiger partial charge in [0, 0.05) is 36.3 Å². The molecular weight excluding hydrogens is 572 g/mol. The van der Waals surface area contributed by atoms with Gasteiger partial charge in [-0.1, -0.05) is 53.4 Å². The SMILES string of the molecule is COc1ccc(N2C(=O)C3Sc4c(sc(=O)n4CC(=O)Nc4ccccc4)C(c4ccc(N(C)C)cc4)C3C2=O)cc1. The summed E-state index contributed by atoms with van der Waals surface area (Å²) in [4.78, 5) is 57.9. The van der Waals surface area contributed by atoms with Gasteiger partial charge in [0.2, 0.25) is 17.7 Å². The standard InChI is InChI=1S/C31H28N4O5S2/c1-33(2)20-11-9-18(10-12-20)24-25-26(29(38)35(28(25)37)21-13-15-22(40-3)16-14-21)41-30-27(24)42-31(39)34(30)17-23(36)32-19-7-5-4-6-8-19/h4-16,24-26H,17H2,1-3H3,(H,32,36). The molecule has 0 saturated carbocycles. The van der Waals surface area contributed by atoms with Crippen molar-refractivity contribution in [2.24, 2.45) is 5.92 Å². The Balaban J connectivity index is 1.41. The fourth-order valence-electron chi connectivity index (χ4n) is 5.45. The highest BCUT2D eigenvalue weighted by Gasteiger charge is 2.56. The first-order valence-corrected chi connectivity index (χ1v) is 15.0. The third kappa shape index (κ3) is 4.88. The van der Waals surface area contributed by atoms with Crippen LogP contribution in [0.5, 0.6) is 5.75 Å². The number of imide groups is 1. The number of para-hydroxylation sites is 1. The van der Waals surface area contributed by atoms with Crippen LogP contribution in [-0.4, -0.2) is 48.7 Å². The zero-order chi connectivity index (χ0) is 29.5. The number of fused-ring (bicyclic) bond motifs is 2. The lowest BCUT2D eigenvalue weighted by atomic mass is 9.83. The average molecular weight is 601 g/mol. The van der Waals surface area contributed by atoms with Crippen LogP contribution in [0.1, 0.15) is 16.4 Å². The number of hydrogen-bond acceptors (Lipinski definition) is 8. The maximum absolute atomic E-state index is 14.1. The molecule has 0 spiro atoms. The highest BCUT2D eigenvalue weighted by molar-refractivity contribution is 8.00. The molecule has 0 bridgehead atoms. The van der Waals surface area contributed by atoms with E-state index in [0.29, 0.717) is 27.0 Å². The normalized spacial score (nSPS) is 19.3. The van der Waals surface area contributed by atoms with E-state index in [0.717, 1.165) is 22.6 Å². The van der Waals surface area contributed by atoms with Crippen LogP contribution < -0.4 is 24.7 Å². The lowest BCUT2D eigenvalue weighted by Gasteiger charge is -2.31. The Morgan fingerprint density at radius 1 is 0.929 bits per heavy atom. The van der Waals surface area contributed by atoms with Crippen LogP contribution in [0.25, 0.3) is 0 Å². The van der Waals surface area contributed by atoms with Crippen molar-refractivity contribution in [3.8, 4) is 5.75 Å². The molecule has 2 aliphatic heterocycles. The monoisotopic (exact) mass is 600 g/mol. The Bertz CT molecular complexity index is 1710. The number of anilines is 3. The van der Waals surface area contributed by atoms with Gasteiger partial charge in [-0.15, -0.1) is 0 Å². The molecule has 3 heterocycles. The van der Waals surface area contributed by atoms with Gasteiger partial charge in [0.15, 0.2) is 0 Å². The first-order chi connectivity index (χ1) is 20.3. The molecule has 2 aliphatic rings.